The van der Waals surface area contributed by atoms with Crippen LogP contribution in [0.3, 0.4) is 0 Å². The van der Waals surface area contributed by atoms with Crippen molar-refractivity contribution >= 4 is 11.6 Å². The second kappa shape index (κ2) is 3.13. The van der Waals surface area contributed by atoms with Crippen LogP contribution in [0.25, 0.3) is 0 Å². The fourth-order valence-corrected chi connectivity index (χ4v) is 1.47. The highest BCUT2D eigenvalue weighted by molar-refractivity contribution is 6.20. The van der Waals surface area contributed by atoms with Crippen LogP contribution in [0.4, 0.5) is 0 Å². The molecule has 0 radical (unpaired) electrons. The number of hydrogen-bond acceptors (Lipinski definition) is 0. The molecule has 0 heterocycles. The van der Waals surface area contributed by atoms with Crippen molar-refractivity contribution in [2.24, 2.45) is 5.92 Å². The first-order chi connectivity index (χ1) is 4.33. The second-order valence-electron chi connectivity index (χ2n) is 2.62. The summed E-state index contributed by atoms with van der Waals surface area (Å²) in [6.45, 7) is 0. The van der Waals surface area contributed by atoms with Crippen molar-refractivity contribution in [3.63, 3.8) is 0 Å². The van der Waals surface area contributed by atoms with Gasteiger partial charge in [0.1, 0.15) is 0 Å². The minimum absolute atomic E-state index is 0.398. The molecule has 0 aromatic rings. The van der Waals surface area contributed by atoms with E-state index >= 15 is 0 Å². The van der Waals surface area contributed by atoms with Crippen LogP contribution in [0, 0.1) is 18.3 Å². The molecule has 0 aliphatic heterocycles. The van der Waals surface area contributed by atoms with Crippen molar-refractivity contribution in [2.75, 3.05) is 0 Å². The molecule has 0 aromatic heterocycles. The standard InChI is InChI=1S/C8H11Cl/c1-2-7-3-5-8(9)6-4-7/h1,7-8H,3-6H2. The van der Waals surface area contributed by atoms with E-state index in [2.05, 4.69) is 5.92 Å². The van der Waals surface area contributed by atoms with E-state index in [9.17, 15) is 0 Å². The van der Waals surface area contributed by atoms with Crippen LogP contribution in [0.15, 0.2) is 0 Å². The van der Waals surface area contributed by atoms with Gasteiger partial charge in [-0.2, -0.15) is 0 Å². The Labute approximate surface area is 61.6 Å². The Morgan fingerprint density at radius 3 is 2.22 bits per heavy atom. The second-order valence-corrected chi connectivity index (χ2v) is 3.23. The van der Waals surface area contributed by atoms with E-state index in [1.807, 2.05) is 0 Å². The van der Waals surface area contributed by atoms with Gasteiger partial charge in [-0.3, -0.25) is 0 Å². The minimum atomic E-state index is 0.398. The SMILES string of the molecule is C#CC1CCC(Cl)CC1. The van der Waals surface area contributed by atoms with Crippen LogP contribution in [0.2, 0.25) is 0 Å². The monoisotopic (exact) mass is 142 g/mol. The van der Waals surface area contributed by atoms with Gasteiger partial charge in [0.25, 0.3) is 0 Å². The molecule has 0 aromatic carbocycles. The van der Waals surface area contributed by atoms with Gasteiger partial charge in [-0.15, -0.1) is 23.9 Å². The molecule has 1 fully saturated rings. The van der Waals surface area contributed by atoms with Crippen molar-refractivity contribution in [2.45, 2.75) is 31.1 Å². The first kappa shape index (κ1) is 6.96. The molecule has 0 saturated heterocycles. The predicted molar refractivity (Wildman–Crippen MR) is 40.4 cm³/mol. The third-order valence-corrected chi connectivity index (χ3v) is 2.33. The fraction of sp³-hybridized carbons (Fsp3) is 0.750. The third-order valence-electron chi connectivity index (χ3n) is 1.89. The van der Waals surface area contributed by atoms with Crippen molar-refractivity contribution in [3.05, 3.63) is 0 Å². The topological polar surface area (TPSA) is 0 Å². The van der Waals surface area contributed by atoms with Crippen LogP contribution >= 0.6 is 11.6 Å². The van der Waals surface area contributed by atoms with E-state index in [0.717, 1.165) is 25.7 Å². The van der Waals surface area contributed by atoms with Crippen molar-refractivity contribution in [1.82, 2.24) is 0 Å². The van der Waals surface area contributed by atoms with Crippen LogP contribution < -0.4 is 0 Å². The molecule has 50 valence electrons. The van der Waals surface area contributed by atoms with Gasteiger partial charge in [-0.05, 0) is 25.7 Å². The van der Waals surface area contributed by atoms with E-state index < -0.39 is 0 Å². The van der Waals surface area contributed by atoms with Crippen molar-refractivity contribution in [1.29, 1.82) is 0 Å². The van der Waals surface area contributed by atoms with Crippen LogP contribution in [0.5, 0.6) is 0 Å². The summed E-state index contributed by atoms with van der Waals surface area (Å²) in [5, 5.41) is 0.398. The van der Waals surface area contributed by atoms with Crippen molar-refractivity contribution in [3.8, 4) is 12.3 Å². The lowest BCUT2D eigenvalue weighted by molar-refractivity contribution is 0.436. The van der Waals surface area contributed by atoms with Gasteiger partial charge in [0.2, 0.25) is 0 Å². The van der Waals surface area contributed by atoms with E-state index in [-0.39, 0.29) is 0 Å². The number of terminal acetylenes is 1. The lowest BCUT2D eigenvalue weighted by Crippen LogP contribution is -2.12. The molecular formula is C8H11Cl. The number of rotatable bonds is 0. The molecule has 1 rings (SSSR count). The number of hydrogen-bond donors (Lipinski definition) is 0. The highest BCUT2D eigenvalue weighted by atomic mass is 35.5. The highest BCUT2D eigenvalue weighted by Gasteiger charge is 2.16. The number of alkyl halides is 1. The Kier molecular flexibility index (Phi) is 2.42. The van der Waals surface area contributed by atoms with Gasteiger partial charge in [-0.25, -0.2) is 0 Å². The summed E-state index contributed by atoms with van der Waals surface area (Å²) in [6.07, 6.45) is 9.73. The average molecular weight is 143 g/mol. The molecule has 0 spiro atoms. The maximum absolute atomic E-state index is 5.87. The molecule has 1 saturated carbocycles. The summed E-state index contributed by atoms with van der Waals surface area (Å²) >= 11 is 5.87. The van der Waals surface area contributed by atoms with Crippen LogP contribution in [-0.2, 0) is 0 Å². The quantitative estimate of drug-likeness (QED) is 0.360. The summed E-state index contributed by atoms with van der Waals surface area (Å²) in [4.78, 5) is 0. The largest absolute Gasteiger partial charge is 0.123 e. The number of halogens is 1. The van der Waals surface area contributed by atoms with Gasteiger partial charge >= 0.3 is 0 Å². The first-order valence-corrected chi connectivity index (χ1v) is 3.86. The Bertz CT molecular complexity index is 115. The Hall–Kier alpha value is -0.150. The molecule has 1 aliphatic rings. The van der Waals surface area contributed by atoms with E-state index in [1.54, 1.807) is 0 Å². The summed E-state index contributed by atoms with van der Waals surface area (Å²) in [7, 11) is 0. The molecular weight excluding hydrogens is 132 g/mol. The van der Waals surface area contributed by atoms with Crippen molar-refractivity contribution < 1.29 is 0 Å². The Morgan fingerprint density at radius 1 is 1.22 bits per heavy atom. The van der Waals surface area contributed by atoms with Gasteiger partial charge < -0.3 is 0 Å². The lowest BCUT2D eigenvalue weighted by Gasteiger charge is -2.20. The first-order valence-electron chi connectivity index (χ1n) is 3.43. The fourth-order valence-electron chi connectivity index (χ4n) is 1.22. The smallest absolute Gasteiger partial charge is 0.0337 e. The third kappa shape index (κ3) is 1.91. The average Bonchev–Trinajstić information content (AvgIpc) is 1.90. The zero-order valence-corrected chi connectivity index (χ0v) is 6.19. The maximum atomic E-state index is 5.87. The van der Waals surface area contributed by atoms with E-state index in [0.29, 0.717) is 11.3 Å². The summed E-state index contributed by atoms with van der Waals surface area (Å²) in [5.41, 5.74) is 0. The molecule has 0 unspecified atom stereocenters. The maximum Gasteiger partial charge on any atom is 0.0337 e. The van der Waals surface area contributed by atoms with Crippen LogP contribution in [0.1, 0.15) is 25.7 Å². The van der Waals surface area contributed by atoms with E-state index in [4.69, 9.17) is 18.0 Å². The summed E-state index contributed by atoms with van der Waals surface area (Å²) in [6, 6.07) is 0. The lowest BCUT2D eigenvalue weighted by atomic mass is 9.90. The zero-order chi connectivity index (χ0) is 6.69. The molecule has 0 N–H and O–H groups in total. The molecule has 0 amide bonds. The Morgan fingerprint density at radius 2 is 1.78 bits per heavy atom. The van der Waals surface area contributed by atoms with Crippen LogP contribution in [-0.4, -0.2) is 5.38 Å². The highest BCUT2D eigenvalue weighted by Crippen LogP contribution is 2.26. The van der Waals surface area contributed by atoms with Gasteiger partial charge in [0, 0.05) is 11.3 Å². The molecule has 9 heavy (non-hydrogen) atoms. The van der Waals surface area contributed by atoms with Gasteiger partial charge in [-0.1, -0.05) is 0 Å². The molecule has 1 aliphatic carbocycles. The molecule has 0 bridgehead atoms. The van der Waals surface area contributed by atoms with E-state index in [1.165, 1.54) is 0 Å². The minimum Gasteiger partial charge on any atom is -0.123 e. The summed E-state index contributed by atoms with van der Waals surface area (Å²) < 4.78 is 0. The predicted octanol–water partition coefficient (Wildman–Crippen LogP) is 2.42. The zero-order valence-electron chi connectivity index (χ0n) is 5.44. The normalized spacial score (nSPS) is 35.6. The summed E-state index contributed by atoms with van der Waals surface area (Å²) in [5.74, 6) is 3.28. The molecule has 0 atom stereocenters. The molecule has 0 nitrogen and oxygen atoms in total. The Balaban J connectivity index is 2.28. The van der Waals surface area contributed by atoms with Gasteiger partial charge in [0.15, 0.2) is 0 Å². The molecule has 1 heteroatoms. The van der Waals surface area contributed by atoms with Gasteiger partial charge in [0.05, 0.1) is 0 Å².